The van der Waals surface area contributed by atoms with Crippen LogP contribution in [-0.4, -0.2) is 26.9 Å². The van der Waals surface area contributed by atoms with Gasteiger partial charge in [-0.05, 0) is 36.9 Å². The molecule has 0 aliphatic carbocycles. The molecule has 2 heterocycles. The summed E-state index contributed by atoms with van der Waals surface area (Å²) in [7, 11) is 0. The molecule has 0 N–H and O–H groups in total. The van der Waals surface area contributed by atoms with E-state index in [2.05, 4.69) is 40.8 Å². The average Bonchev–Trinajstić information content (AvgIpc) is 2.91. The fourth-order valence-electron chi connectivity index (χ4n) is 2.98. The molecule has 0 spiro atoms. The molecule has 0 bridgehead atoms. The number of amides is 1. The number of aryl methyl sites for hydroxylation is 1. The Labute approximate surface area is 129 Å². The zero-order valence-corrected chi connectivity index (χ0v) is 13.0. The second-order valence-corrected chi connectivity index (χ2v) is 6.18. The molecule has 1 aromatic carbocycles. The second kappa shape index (κ2) is 6.35. The third-order valence-electron chi connectivity index (χ3n) is 4.02. The van der Waals surface area contributed by atoms with E-state index in [1.165, 1.54) is 29.1 Å². The van der Waals surface area contributed by atoms with Gasteiger partial charge in [-0.15, -0.1) is 5.10 Å². The minimum Gasteiger partial charge on any atom is -0.330 e. The molecular weight excluding hydrogens is 282 g/mol. The highest BCUT2D eigenvalue weighted by molar-refractivity contribution is 7.03. The van der Waals surface area contributed by atoms with Gasteiger partial charge in [0.25, 0.3) is 5.91 Å². The molecule has 2 aromatic rings. The summed E-state index contributed by atoms with van der Waals surface area (Å²) >= 11 is 1.23. The minimum atomic E-state index is 0.0113. The number of aromatic nitrogens is 2. The quantitative estimate of drug-likeness (QED) is 0.851. The molecule has 110 valence electrons. The van der Waals surface area contributed by atoms with Gasteiger partial charge in [0, 0.05) is 11.9 Å². The molecule has 1 saturated heterocycles. The Bertz CT molecular complexity index is 612. The van der Waals surface area contributed by atoms with Crippen molar-refractivity contribution in [3.8, 4) is 0 Å². The molecule has 0 saturated carbocycles. The van der Waals surface area contributed by atoms with E-state index in [1.54, 1.807) is 5.38 Å². The van der Waals surface area contributed by atoms with Crippen molar-refractivity contribution < 1.29 is 4.79 Å². The molecule has 1 amide bonds. The highest BCUT2D eigenvalue weighted by atomic mass is 32.1. The minimum absolute atomic E-state index is 0.0113. The summed E-state index contributed by atoms with van der Waals surface area (Å²) in [4.78, 5) is 14.7. The van der Waals surface area contributed by atoms with Crippen LogP contribution in [0, 0.1) is 6.92 Å². The van der Waals surface area contributed by atoms with Crippen molar-refractivity contribution in [2.75, 3.05) is 6.54 Å². The van der Waals surface area contributed by atoms with Gasteiger partial charge >= 0.3 is 0 Å². The van der Waals surface area contributed by atoms with Crippen LogP contribution in [0.3, 0.4) is 0 Å². The van der Waals surface area contributed by atoms with E-state index in [9.17, 15) is 4.79 Å². The Hall–Kier alpha value is -1.75. The SMILES string of the molecule is Cc1cccc(C2CCCCCN2C(=O)c2csnn2)c1. The maximum absolute atomic E-state index is 12.7. The predicted octanol–water partition coefficient (Wildman–Crippen LogP) is 3.60. The first-order valence-electron chi connectivity index (χ1n) is 7.40. The summed E-state index contributed by atoms with van der Waals surface area (Å²) in [6.45, 7) is 2.89. The third-order valence-corrected chi connectivity index (χ3v) is 4.52. The van der Waals surface area contributed by atoms with Crippen LogP contribution in [0.1, 0.15) is 53.3 Å². The number of nitrogens with zero attached hydrogens (tertiary/aromatic N) is 3. The molecule has 1 aromatic heterocycles. The summed E-state index contributed by atoms with van der Waals surface area (Å²) in [5.74, 6) is 0.0113. The first-order valence-corrected chi connectivity index (χ1v) is 8.24. The van der Waals surface area contributed by atoms with E-state index in [4.69, 9.17) is 0 Å². The molecule has 3 rings (SSSR count). The second-order valence-electron chi connectivity index (χ2n) is 5.57. The van der Waals surface area contributed by atoms with Gasteiger partial charge < -0.3 is 4.90 Å². The number of carbonyl (C=O) groups excluding carboxylic acids is 1. The molecule has 1 unspecified atom stereocenters. The third kappa shape index (κ3) is 3.13. The molecule has 0 radical (unpaired) electrons. The van der Waals surface area contributed by atoms with Gasteiger partial charge in [0.2, 0.25) is 0 Å². The first kappa shape index (κ1) is 14.2. The molecule has 1 aliphatic rings. The normalized spacial score (nSPS) is 19.3. The van der Waals surface area contributed by atoms with Gasteiger partial charge in [-0.25, -0.2) is 0 Å². The van der Waals surface area contributed by atoms with Crippen LogP contribution in [0.4, 0.5) is 0 Å². The van der Waals surface area contributed by atoms with Crippen LogP contribution in [0.25, 0.3) is 0 Å². The number of hydrogen-bond donors (Lipinski definition) is 0. The van der Waals surface area contributed by atoms with Gasteiger partial charge in [-0.1, -0.05) is 47.2 Å². The number of hydrogen-bond acceptors (Lipinski definition) is 4. The zero-order valence-electron chi connectivity index (χ0n) is 12.2. The molecular formula is C16H19N3OS. The molecule has 1 atom stereocenters. The van der Waals surface area contributed by atoms with E-state index in [0.717, 1.165) is 25.8 Å². The predicted molar refractivity (Wildman–Crippen MR) is 83.3 cm³/mol. The lowest BCUT2D eigenvalue weighted by Gasteiger charge is -2.30. The van der Waals surface area contributed by atoms with Crippen molar-refractivity contribution in [3.05, 3.63) is 46.5 Å². The van der Waals surface area contributed by atoms with Gasteiger partial charge in [-0.2, -0.15) is 0 Å². The van der Waals surface area contributed by atoms with Crippen LogP contribution in [-0.2, 0) is 0 Å². The lowest BCUT2D eigenvalue weighted by Crippen LogP contribution is -2.35. The Morgan fingerprint density at radius 2 is 2.24 bits per heavy atom. The van der Waals surface area contributed by atoms with E-state index in [-0.39, 0.29) is 11.9 Å². The van der Waals surface area contributed by atoms with Crippen molar-refractivity contribution in [2.45, 2.75) is 38.6 Å². The van der Waals surface area contributed by atoms with Crippen molar-refractivity contribution in [3.63, 3.8) is 0 Å². The molecule has 21 heavy (non-hydrogen) atoms. The summed E-state index contributed by atoms with van der Waals surface area (Å²) in [6.07, 6.45) is 4.43. The molecule has 1 fully saturated rings. The topological polar surface area (TPSA) is 46.1 Å². The maximum Gasteiger partial charge on any atom is 0.275 e. The number of likely N-dealkylation sites (tertiary alicyclic amines) is 1. The van der Waals surface area contributed by atoms with Crippen LogP contribution < -0.4 is 0 Å². The van der Waals surface area contributed by atoms with Crippen LogP contribution in [0.15, 0.2) is 29.6 Å². The number of rotatable bonds is 2. The summed E-state index contributed by atoms with van der Waals surface area (Å²) in [6, 6.07) is 8.64. The smallest absolute Gasteiger partial charge is 0.275 e. The lowest BCUT2D eigenvalue weighted by atomic mass is 9.99. The van der Waals surface area contributed by atoms with Crippen molar-refractivity contribution in [2.24, 2.45) is 0 Å². The fraction of sp³-hybridized carbons (Fsp3) is 0.438. The van der Waals surface area contributed by atoms with Crippen LogP contribution in [0.5, 0.6) is 0 Å². The molecule has 4 nitrogen and oxygen atoms in total. The van der Waals surface area contributed by atoms with Crippen molar-refractivity contribution >= 4 is 17.4 Å². The monoisotopic (exact) mass is 301 g/mol. The standard InChI is InChI=1S/C16H19N3OS/c1-12-6-5-7-13(10-12)15-8-3-2-4-9-19(15)16(20)14-11-21-18-17-14/h5-7,10-11,15H,2-4,8-9H2,1H3. The Kier molecular flexibility index (Phi) is 4.29. The van der Waals surface area contributed by atoms with Gasteiger partial charge in [0.1, 0.15) is 0 Å². The van der Waals surface area contributed by atoms with Crippen molar-refractivity contribution in [1.29, 1.82) is 0 Å². The maximum atomic E-state index is 12.7. The Balaban J connectivity index is 1.92. The molecule has 5 heteroatoms. The lowest BCUT2D eigenvalue weighted by molar-refractivity contribution is 0.0674. The zero-order chi connectivity index (χ0) is 14.7. The largest absolute Gasteiger partial charge is 0.330 e. The van der Waals surface area contributed by atoms with Gasteiger partial charge in [0.05, 0.1) is 6.04 Å². The van der Waals surface area contributed by atoms with E-state index >= 15 is 0 Å². The highest BCUT2D eigenvalue weighted by Gasteiger charge is 2.28. The van der Waals surface area contributed by atoms with E-state index < -0.39 is 0 Å². The summed E-state index contributed by atoms with van der Waals surface area (Å²) in [5, 5.41) is 5.68. The molecule has 1 aliphatic heterocycles. The van der Waals surface area contributed by atoms with Gasteiger partial charge in [0.15, 0.2) is 5.69 Å². The average molecular weight is 301 g/mol. The van der Waals surface area contributed by atoms with Crippen LogP contribution in [0.2, 0.25) is 0 Å². The Morgan fingerprint density at radius 1 is 1.33 bits per heavy atom. The van der Waals surface area contributed by atoms with Crippen molar-refractivity contribution in [1.82, 2.24) is 14.5 Å². The Morgan fingerprint density at radius 3 is 3.00 bits per heavy atom. The summed E-state index contributed by atoms with van der Waals surface area (Å²) < 4.78 is 3.82. The van der Waals surface area contributed by atoms with E-state index in [0.29, 0.717) is 5.69 Å². The first-order chi connectivity index (χ1) is 10.3. The number of benzene rings is 1. The highest BCUT2D eigenvalue weighted by Crippen LogP contribution is 2.31. The number of carbonyl (C=O) groups is 1. The fourth-order valence-corrected chi connectivity index (χ4v) is 3.41. The summed E-state index contributed by atoms with van der Waals surface area (Å²) in [5.41, 5.74) is 2.94. The van der Waals surface area contributed by atoms with Crippen LogP contribution >= 0.6 is 11.5 Å². The van der Waals surface area contributed by atoms with E-state index in [1.807, 2.05) is 4.90 Å². The van der Waals surface area contributed by atoms with Gasteiger partial charge in [-0.3, -0.25) is 4.79 Å².